The highest BCUT2D eigenvalue weighted by Crippen LogP contribution is 2.22. The monoisotopic (exact) mass is 286 g/mol. The lowest BCUT2D eigenvalue weighted by Gasteiger charge is -2.10. The van der Waals surface area contributed by atoms with Gasteiger partial charge in [-0.1, -0.05) is 12.1 Å². The molecule has 0 aliphatic carbocycles. The predicted octanol–water partition coefficient (Wildman–Crippen LogP) is 4.09. The first kappa shape index (κ1) is 13.3. The standard InChI is InChI=1S/C16H18N2OS/c1-11-7-8-14(19-11)12(2)17-10-9-16-18-13-5-3-4-6-15(13)20-16/h3-8,12,17H,9-10H2,1-2H3. The highest BCUT2D eigenvalue weighted by Gasteiger charge is 2.09. The molecule has 3 nitrogen and oxygen atoms in total. The third-order valence-corrected chi connectivity index (χ3v) is 4.41. The van der Waals surface area contributed by atoms with Crippen molar-refractivity contribution in [2.75, 3.05) is 6.54 Å². The molecule has 1 unspecified atom stereocenters. The summed E-state index contributed by atoms with van der Waals surface area (Å²) in [6.07, 6.45) is 0.948. The van der Waals surface area contributed by atoms with Gasteiger partial charge in [0, 0.05) is 13.0 Å². The zero-order valence-electron chi connectivity index (χ0n) is 11.7. The van der Waals surface area contributed by atoms with Crippen LogP contribution in [-0.4, -0.2) is 11.5 Å². The molecular formula is C16H18N2OS. The minimum atomic E-state index is 0.234. The van der Waals surface area contributed by atoms with Gasteiger partial charge in [-0.15, -0.1) is 11.3 Å². The zero-order valence-corrected chi connectivity index (χ0v) is 12.5. The predicted molar refractivity (Wildman–Crippen MR) is 83.2 cm³/mol. The van der Waals surface area contributed by atoms with Crippen molar-refractivity contribution in [1.82, 2.24) is 10.3 Å². The Bertz CT molecular complexity index is 668. The van der Waals surface area contributed by atoms with E-state index in [0.29, 0.717) is 0 Å². The number of hydrogen-bond acceptors (Lipinski definition) is 4. The van der Waals surface area contributed by atoms with E-state index in [-0.39, 0.29) is 6.04 Å². The normalized spacial score (nSPS) is 12.9. The number of aryl methyl sites for hydroxylation is 1. The number of benzene rings is 1. The van der Waals surface area contributed by atoms with E-state index in [1.807, 2.05) is 25.1 Å². The topological polar surface area (TPSA) is 38.1 Å². The molecule has 2 aromatic heterocycles. The van der Waals surface area contributed by atoms with Gasteiger partial charge in [0.1, 0.15) is 11.5 Å². The van der Waals surface area contributed by atoms with Gasteiger partial charge in [-0.25, -0.2) is 4.98 Å². The van der Waals surface area contributed by atoms with Crippen LogP contribution in [0.1, 0.15) is 29.5 Å². The third-order valence-electron chi connectivity index (χ3n) is 3.32. The summed E-state index contributed by atoms with van der Waals surface area (Å²) >= 11 is 1.77. The summed E-state index contributed by atoms with van der Waals surface area (Å²) in [5.41, 5.74) is 1.10. The van der Waals surface area contributed by atoms with Crippen molar-refractivity contribution in [3.63, 3.8) is 0 Å². The van der Waals surface area contributed by atoms with Crippen LogP contribution in [0.25, 0.3) is 10.2 Å². The quantitative estimate of drug-likeness (QED) is 0.767. The Morgan fingerprint density at radius 3 is 2.85 bits per heavy atom. The molecule has 0 aliphatic heterocycles. The van der Waals surface area contributed by atoms with Crippen LogP contribution in [0.4, 0.5) is 0 Å². The molecule has 2 heterocycles. The molecular weight excluding hydrogens is 268 g/mol. The fourth-order valence-electron chi connectivity index (χ4n) is 2.21. The van der Waals surface area contributed by atoms with Gasteiger partial charge in [-0.05, 0) is 38.1 Å². The van der Waals surface area contributed by atoms with Crippen LogP contribution in [0.3, 0.4) is 0 Å². The maximum atomic E-state index is 5.62. The highest BCUT2D eigenvalue weighted by molar-refractivity contribution is 7.18. The molecule has 0 saturated heterocycles. The fraction of sp³-hybridized carbons (Fsp3) is 0.312. The van der Waals surface area contributed by atoms with Crippen molar-refractivity contribution in [3.8, 4) is 0 Å². The molecule has 0 bridgehead atoms. The van der Waals surface area contributed by atoms with E-state index in [1.165, 1.54) is 9.71 Å². The Hall–Kier alpha value is -1.65. The SMILES string of the molecule is Cc1ccc(C(C)NCCc2nc3ccccc3s2)o1. The van der Waals surface area contributed by atoms with Crippen molar-refractivity contribution < 1.29 is 4.42 Å². The van der Waals surface area contributed by atoms with Gasteiger partial charge in [0.05, 0.1) is 21.3 Å². The Labute approximate surface area is 122 Å². The van der Waals surface area contributed by atoms with Crippen LogP contribution in [0.15, 0.2) is 40.8 Å². The van der Waals surface area contributed by atoms with E-state index in [0.717, 1.165) is 30.0 Å². The number of para-hydroxylation sites is 1. The van der Waals surface area contributed by atoms with Crippen LogP contribution < -0.4 is 5.32 Å². The molecule has 0 radical (unpaired) electrons. The van der Waals surface area contributed by atoms with Gasteiger partial charge in [-0.2, -0.15) is 0 Å². The fourth-order valence-corrected chi connectivity index (χ4v) is 3.18. The molecule has 1 aromatic carbocycles. The largest absolute Gasteiger partial charge is 0.465 e. The third kappa shape index (κ3) is 2.92. The lowest BCUT2D eigenvalue weighted by molar-refractivity contribution is 0.418. The first-order chi connectivity index (χ1) is 9.72. The number of rotatable bonds is 5. The van der Waals surface area contributed by atoms with E-state index in [4.69, 9.17) is 4.42 Å². The Morgan fingerprint density at radius 2 is 2.10 bits per heavy atom. The molecule has 0 amide bonds. The summed E-state index contributed by atoms with van der Waals surface area (Å²) in [6, 6.07) is 12.6. The summed E-state index contributed by atoms with van der Waals surface area (Å²) in [4.78, 5) is 4.64. The summed E-state index contributed by atoms with van der Waals surface area (Å²) in [6.45, 7) is 4.99. The number of nitrogens with zero attached hydrogens (tertiary/aromatic N) is 1. The molecule has 1 N–H and O–H groups in total. The molecule has 1 atom stereocenters. The Balaban J connectivity index is 1.57. The molecule has 0 fully saturated rings. The van der Waals surface area contributed by atoms with E-state index in [1.54, 1.807) is 11.3 Å². The first-order valence-corrected chi connectivity index (χ1v) is 7.68. The summed E-state index contributed by atoms with van der Waals surface area (Å²) in [7, 11) is 0. The number of nitrogens with one attached hydrogen (secondary N) is 1. The minimum Gasteiger partial charge on any atom is -0.465 e. The molecule has 0 aliphatic rings. The van der Waals surface area contributed by atoms with Crippen LogP contribution >= 0.6 is 11.3 Å². The Kier molecular flexibility index (Phi) is 3.85. The average Bonchev–Trinajstić information content (AvgIpc) is 3.04. The molecule has 104 valence electrons. The average molecular weight is 286 g/mol. The van der Waals surface area contributed by atoms with Crippen molar-refractivity contribution >= 4 is 21.6 Å². The second kappa shape index (κ2) is 5.77. The van der Waals surface area contributed by atoms with Gasteiger partial charge in [-0.3, -0.25) is 0 Å². The van der Waals surface area contributed by atoms with Gasteiger partial charge in [0.15, 0.2) is 0 Å². The van der Waals surface area contributed by atoms with E-state index >= 15 is 0 Å². The minimum absolute atomic E-state index is 0.234. The van der Waals surface area contributed by atoms with Gasteiger partial charge >= 0.3 is 0 Å². The lowest BCUT2D eigenvalue weighted by Crippen LogP contribution is -2.20. The lowest BCUT2D eigenvalue weighted by atomic mass is 10.2. The van der Waals surface area contributed by atoms with Crippen LogP contribution in [0.2, 0.25) is 0 Å². The molecule has 20 heavy (non-hydrogen) atoms. The highest BCUT2D eigenvalue weighted by atomic mass is 32.1. The second-order valence-corrected chi connectivity index (χ2v) is 6.06. The van der Waals surface area contributed by atoms with E-state index in [9.17, 15) is 0 Å². The first-order valence-electron chi connectivity index (χ1n) is 6.86. The van der Waals surface area contributed by atoms with Gasteiger partial charge in [0.2, 0.25) is 0 Å². The number of hydrogen-bond donors (Lipinski definition) is 1. The number of furan rings is 1. The van der Waals surface area contributed by atoms with Crippen molar-refractivity contribution in [1.29, 1.82) is 0 Å². The molecule has 0 saturated carbocycles. The van der Waals surface area contributed by atoms with Gasteiger partial charge in [0.25, 0.3) is 0 Å². The smallest absolute Gasteiger partial charge is 0.120 e. The van der Waals surface area contributed by atoms with Crippen molar-refractivity contribution in [2.45, 2.75) is 26.3 Å². The molecule has 3 aromatic rings. The van der Waals surface area contributed by atoms with Crippen LogP contribution in [0, 0.1) is 6.92 Å². The summed E-state index contributed by atoms with van der Waals surface area (Å²) in [5.74, 6) is 1.95. The number of thiazole rings is 1. The Morgan fingerprint density at radius 1 is 1.25 bits per heavy atom. The van der Waals surface area contributed by atoms with Crippen molar-refractivity contribution in [2.24, 2.45) is 0 Å². The zero-order chi connectivity index (χ0) is 13.9. The molecule has 3 rings (SSSR count). The number of aromatic nitrogens is 1. The maximum absolute atomic E-state index is 5.62. The van der Waals surface area contributed by atoms with Crippen molar-refractivity contribution in [3.05, 3.63) is 52.9 Å². The van der Waals surface area contributed by atoms with E-state index in [2.05, 4.69) is 35.4 Å². The van der Waals surface area contributed by atoms with E-state index < -0.39 is 0 Å². The van der Waals surface area contributed by atoms with Crippen LogP contribution in [-0.2, 0) is 6.42 Å². The maximum Gasteiger partial charge on any atom is 0.120 e. The van der Waals surface area contributed by atoms with Crippen LogP contribution in [0.5, 0.6) is 0 Å². The molecule has 4 heteroatoms. The molecule has 0 spiro atoms. The van der Waals surface area contributed by atoms with Gasteiger partial charge < -0.3 is 9.73 Å². The number of fused-ring (bicyclic) bond motifs is 1. The second-order valence-electron chi connectivity index (χ2n) is 4.95. The summed E-state index contributed by atoms with van der Waals surface area (Å²) < 4.78 is 6.88. The summed E-state index contributed by atoms with van der Waals surface area (Å²) in [5, 5.41) is 4.66.